The first kappa shape index (κ1) is 26.4. The van der Waals surface area contributed by atoms with Gasteiger partial charge in [-0.3, -0.25) is 19.9 Å². The summed E-state index contributed by atoms with van der Waals surface area (Å²) < 4.78 is 11.5. The highest BCUT2D eigenvalue weighted by Crippen LogP contribution is 2.31. The molecule has 10 heteroatoms. The van der Waals surface area contributed by atoms with E-state index in [-0.39, 0.29) is 11.9 Å². The molecule has 2 aromatic carbocycles. The summed E-state index contributed by atoms with van der Waals surface area (Å²) in [6, 6.07) is 18.3. The van der Waals surface area contributed by atoms with E-state index >= 15 is 0 Å². The first-order valence-electron chi connectivity index (χ1n) is 11.7. The molecule has 4 rings (SSSR count). The van der Waals surface area contributed by atoms with Gasteiger partial charge in [0.1, 0.15) is 27.8 Å². The van der Waals surface area contributed by atoms with Crippen molar-refractivity contribution in [3.63, 3.8) is 0 Å². The number of benzene rings is 2. The molecule has 1 saturated heterocycles. The number of esters is 1. The maximum absolute atomic E-state index is 14.1. The Balaban J connectivity index is 1.71. The number of carbonyl (C=O) groups excluding carboxylic acids is 2. The maximum atomic E-state index is 14.1. The number of halogens is 1. The predicted octanol–water partition coefficient (Wildman–Crippen LogP) is 4.01. The first-order valence-corrected chi connectivity index (χ1v) is 13.3. The molecule has 8 nitrogen and oxygen atoms in total. The minimum absolute atomic E-state index is 0.237. The molecule has 2 heterocycles. The van der Waals surface area contributed by atoms with Gasteiger partial charge in [-0.2, -0.15) is 0 Å². The number of carbonyl (C=O) groups is 2. The van der Waals surface area contributed by atoms with Crippen molar-refractivity contribution in [1.29, 1.82) is 0 Å². The number of nitrogens with one attached hydrogen (secondary N) is 2. The average Bonchev–Trinajstić information content (AvgIpc) is 3.36. The Morgan fingerprint density at radius 2 is 1.75 bits per heavy atom. The fraction of sp³-hybridized carbons (Fsp3) is 0.346. The molecule has 0 spiro atoms. The normalized spacial score (nSPS) is 17.6. The maximum Gasteiger partial charge on any atom is 0.324 e. The smallest absolute Gasteiger partial charge is 0.324 e. The van der Waals surface area contributed by atoms with Crippen molar-refractivity contribution in [1.82, 2.24) is 20.7 Å². The Morgan fingerprint density at radius 1 is 1.11 bits per heavy atom. The van der Waals surface area contributed by atoms with E-state index in [1.54, 1.807) is 7.11 Å². The van der Waals surface area contributed by atoms with Crippen molar-refractivity contribution in [2.45, 2.75) is 37.1 Å². The predicted molar refractivity (Wildman–Crippen MR) is 141 cm³/mol. The molecule has 190 valence electrons. The SMILES string of the molecule is COC(=O)C1CCCN(C(=O)[C@@H](NC(c2ccccc2)c2ccccc2)[C@H](OC)c2nc(Br)cs2)N1. The number of hydrogen-bond donors (Lipinski definition) is 2. The number of methoxy groups -OCH3 is 2. The highest BCUT2D eigenvalue weighted by Gasteiger charge is 2.39. The third-order valence-corrected chi connectivity index (χ3v) is 7.73. The molecule has 1 aliphatic heterocycles. The zero-order valence-electron chi connectivity index (χ0n) is 20.1. The van der Waals surface area contributed by atoms with Gasteiger partial charge in [0.2, 0.25) is 0 Å². The number of ether oxygens (including phenoxy) is 2. The van der Waals surface area contributed by atoms with Crippen molar-refractivity contribution in [2.75, 3.05) is 20.8 Å². The minimum Gasteiger partial charge on any atom is -0.468 e. The molecule has 0 saturated carbocycles. The summed E-state index contributed by atoms with van der Waals surface area (Å²) in [5, 5.41) is 7.61. The van der Waals surface area contributed by atoms with Gasteiger partial charge >= 0.3 is 5.97 Å². The zero-order chi connectivity index (χ0) is 25.5. The van der Waals surface area contributed by atoms with Crippen LogP contribution in [0.1, 0.15) is 41.1 Å². The Hall–Kier alpha value is -2.63. The van der Waals surface area contributed by atoms with E-state index in [0.29, 0.717) is 29.0 Å². The van der Waals surface area contributed by atoms with E-state index in [9.17, 15) is 9.59 Å². The molecule has 0 aliphatic carbocycles. The largest absolute Gasteiger partial charge is 0.468 e. The number of aromatic nitrogens is 1. The molecule has 1 amide bonds. The standard InChI is InChI=1S/C26H29BrN4O4S/c1-34-23(24-28-20(27)16-36-24)22(25(32)31-15-9-14-19(30-31)26(33)35-2)29-21(17-10-5-3-6-11-17)18-12-7-4-8-13-18/h3-8,10-13,16,19,21-23,29-30H,9,14-15H2,1-2H3/t19?,22-,23-/m0/s1. The van der Waals surface area contributed by atoms with Crippen LogP contribution >= 0.6 is 27.3 Å². The number of hydrogen-bond acceptors (Lipinski definition) is 8. The van der Waals surface area contributed by atoms with Crippen molar-refractivity contribution >= 4 is 39.1 Å². The molecular weight excluding hydrogens is 544 g/mol. The van der Waals surface area contributed by atoms with E-state index in [2.05, 4.69) is 31.7 Å². The highest BCUT2D eigenvalue weighted by molar-refractivity contribution is 9.10. The van der Waals surface area contributed by atoms with Crippen LogP contribution in [0.2, 0.25) is 0 Å². The summed E-state index contributed by atoms with van der Waals surface area (Å²) in [5.41, 5.74) is 5.08. The lowest BCUT2D eigenvalue weighted by atomic mass is 9.96. The number of thiazole rings is 1. The van der Waals surface area contributed by atoms with Crippen molar-refractivity contribution < 1.29 is 19.1 Å². The van der Waals surface area contributed by atoms with Gasteiger partial charge in [-0.05, 0) is 39.9 Å². The van der Waals surface area contributed by atoms with Gasteiger partial charge in [0.05, 0.1) is 13.2 Å². The molecule has 1 fully saturated rings. The molecule has 3 atom stereocenters. The fourth-order valence-corrected chi connectivity index (χ4v) is 5.72. The van der Waals surface area contributed by atoms with E-state index in [1.807, 2.05) is 66.0 Å². The van der Waals surface area contributed by atoms with Crippen LogP contribution in [0.15, 0.2) is 70.6 Å². The minimum atomic E-state index is -0.803. The number of amides is 1. The lowest BCUT2D eigenvalue weighted by molar-refractivity contribution is -0.151. The van der Waals surface area contributed by atoms with Crippen molar-refractivity contribution in [3.05, 3.63) is 86.8 Å². The van der Waals surface area contributed by atoms with Gasteiger partial charge in [0, 0.05) is 19.0 Å². The van der Waals surface area contributed by atoms with Crippen LogP contribution in [0.4, 0.5) is 0 Å². The third-order valence-electron chi connectivity index (χ3n) is 6.11. The van der Waals surface area contributed by atoms with Crippen LogP contribution in [0.25, 0.3) is 0 Å². The first-order chi connectivity index (χ1) is 17.5. The molecule has 36 heavy (non-hydrogen) atoms. The average molecular weight is 574 g/mol. The fourth-order valence-electron chi connectivity index (χ4n) is 4.35. The monoisotopic (exact) mass is 572 g/mol. The topological polar surface area (TPSA) is 92.8 Å². The molecule has 3 aromatic rings. The molecule has 2 N–H and O–H groups in total. The lowest BCUT2D eigenvalue weighted by Crippen LogP contribution is -2.60. The van der Waals surface area contributed by atoms with Crippen LogP contribution in [0, 0.1) is 0 Å². The van der Waals surface area contributed by atoms with Crippen LogP contribution in [0.5, 0.6) is 0 Å². The molecule has 1 unspecified atom stereocenters. The van der Waals surface area contributed by atoms with Crippen LogP contribution in [-0.4, -0.2) is 54.7 Å². The van der Waals surface area contributed by atoms with Crippen LogP contribution in [0.3, 0.4) is 0 Å². The summed E-state index contributed by atoms with van der Waals surface area (Å²) in [7, 11) is 2.92. The molecule has 0 bridgehead atoms. The van der Waals surface area contributed by atoms with Gasteiger partial charge in [0.25, 0.3) is 5.91 Å². The Morgan fingerprint density at radius 3 is 2.28 bits per heavy atom. The lowest BCUT2D eigenvalue weighted by Gasteiger charge is -2.37. The number of nitrogens with zero attached hydrogens (tertiary/aromatic N) is 2. The van der Waals surface area contributed by atoms with Crippen LogP contribution < -0.4 is 10.7 Å². The Kier molecular flexibility index (Phi) is 9.22. The molecule has 1 aromatic heterocycles. The van der Waals surface area contributed by atoms with Crippen molar-refractivity contribution in [2.24, 2.45) is 0 Å². The van der Waals surface area contributed by atoms with Crippen LogP contribution in [-0.2, 0) is 19.1 Å². The Bertz CT molecular complexity index is 1110. The summed E-state index contributed by atoms with van der Waals surface area (Å²) in [6.45, 7) is 0.462. The van der Waals surface area contributed by atoms with Crippen molar-refractivity contribution in [3.8, 4) is 0 Å². The number of hydrazine groups is 1. The van der Waals surface area contributed by atoms with Gasteiger partial charge in [-0.15, -0.1) is 11.3 Å². The van der Waals surface area contributed by atoms with E-state index in [4.69, 9.17) is 9.47 Å². The van der Waals surface area contributed by atoms with E-state index in [0.717, 1.165) is 11.1 Å². The summed E-state index contributed by atoms with van der Waals surface area (Å²) in [4.78, 5) is 30.8. The van der Waals surface area contributed by atoms with Gasteiger partial charge in [-0.25, -0.2) is 10.4 Å². The third kappa shape index (κ3) is 6.19. The highest BCUT2D eigenvalue weighted by atomic mass is 79.9. The van der Waals surface area contributed by atoms with Gasteiger partial charge in [0.15, 0.2) is 0 Å². The molecular formula is C26H29BrN4O4S. The summed E-state index contributed by atoms with van der Waals surface area (Å²) >= 11 is 4.83. The number of rotatable bonds is 9. The second-order valence-electron chi connectivity index (χ2n) is 8.40. The summed E-state index contributed by atoms with van der Waals surface area (Å²) in [6.07, 6.45) is 0.606. The van der Waals surface area contributed by atoms with Gasteiger partial charge in [-0.1, -0.05) is 60.7 Å². The van der Waals surface area contributed by atoms with E-state index < -0.39 is 24.2 Å². The second kappa shape index (κ2) is 12.6. The van der Waals surface area contributed by atoms with Gasteiger partial charge < -0.3 is 9.47 Å². The quantitative estimate of drug-likeness (QED) is 0.374. The Labute approximate surface area is 223 Å². The van der Waals surface area contributed by atoms with E-state index in [1.165, 1.54) is 23.5 Å². The second-order valence-corrected chi connectivity index (χ2v) is 10.1. The molecule has 0 radical (unpaired) electrons. The molecule has 1 aliphatic rings. The summed E-state index contributed by atoms with van der Waals surface area (Å²) in [5.74, 6) is -0.630. The zero-order valence-corrected chi connectivity index (χ0v) is 22.5.